The van der Waals surface area contributed by atoms with E-state index in [1.54, 1.807) is 0 Å². The molecule has 0 atom stereocenters. The van der Waals surface area contributed by atoms with Crippen LogP contribution in [0.5, 0.6) is 0 Å². The van der Waals surface area contributed by atoms with Gasteiger partial charge in [0.2, 0.25) is 0 Å². The zero-order valence-corrected chi connectivity index (χ0v) is 27.3. The van der Waals surface area contributed by atoms with Crippen LogP contribution in [0.1, 0.15) is 21.5 Å². The van der Waals surface area contributed by atoms with Crippen LogP contribution in [0.2, 0.25) is 0 Å². The molecule has 1 N–H and O–H groups in total. The van der Waals surface area contributed by atoms with E-state index in [9.17, 15) is 4.79 Å². The Hall–Kier alpha value is -2.88. The number of amides is 1. The number of hydrogen-bond donors (Lipinski definition) is 0. The molecule has 0 aromatic heterocycles. The Balaban J connectivity index is 0.000000291. The van der Waals surface area contributed by atoms with Crippen molar-refractivity contribution in [2.45, 2.75) is 13.8 Å². The molecule has 40 heavy (non-hydrogen) atoms. The zero-order chi connectivity index (χ0) is 26.0. The van der Waals surface area contributed by atoms with Crippen molar-refractivity contribution in [2.75, 3.05) is 0 Å². The Bertz CT molecular complexity index is 1500. The molecule has 0 aliphatic heterocycles. The summed E-state index contributed by atoms with van der Waals surface area (Å²) in [4.78, 5) is 10.8. The summed E-state index contributed by atoms with van der Waals surface area (Å²) in [6.45, 7) is 3.68. The molecule has 0 fully saturated rings. The van der Waals surface area contributed by atoms with Gasteiger partial charge in [0.25, 0.3) is 0 Å². The van der Waals surface area contributed by atoms with E-state index in [-0.39, 0.29) is 51.0 Å². The molecule has 0 spiro atoms. The Labute approximate surface area is 271 Å². The predicted molar refractivity (Wildman–Crippen MR) is 160 cm³/mol. The van der Waals surface area contributed by atoms with Gasteiger partial charge in [0.1, 0.15) is 9.52 Å². The summed E-state index contributed by atoms with van der Waals surface area (Å²) in [7, 11) is 0.777. The number of halogens is 2. The van der Waals surface area contributed by atoms with Gasteiger partial charge in [-0.05, 0) is 25.0 Å². The molecule has 6 aromatic rings. The molecule has 6 aromatic carbocycles. The average molecular weight is 658 g/mol. The third kappa shape index (κ3) is 9.64. The van der Waals surface area contributed by atoms with E-state index in [1.165, 1.54) is 31.9 Å². The fraction of sp³-hybridized carbons (Fsp3) is 0.0588. The van der Waals surface area contributed by atoms with Crippen molar-refractivity contribution in [1.29, 1.82) is 0 Å². The Morgan fingerprint density at radius 3 is 1.32 bits per heavy atom. The Morgan fingerprint density at radius 2 is 0.950 bits per heavy atom. The van der Waals surface area contributed by atoms with Gasteiger partial charge in [0.15, 0.2) is 0 Å². The van der Waals surface area contributed by atoms with Crippen molar-refractivity contribution in [1.82, 2.24) is 0 Å². The van der Waals surface area contributed by atoms with Crippen LogP contribution in [0.25, 0.3) is 27.3 Å². The molecule has 6 rings (SSSR count). The Morgan fingerprint density at radius 1 is 0.575 bits per heavy atom. The molecule has 0 saturated heterocycles. The van der Waals surface area contributed by atoms with E-state index in [2.05, 4.69) is 115 Å². The number of aryl methyl sites for hydroxylation is 2. The van der Waals surface area contributed by atoms with E-state index in [4.69, 9.17) is 5.73 Å². The van der Waals surface area contributed by atoms with Crippen LogP contribution in [-0.2, 0) is 26.2 Å². The summed E-state index contributed by atoms with van der Waals surface area (Å²) in [6, 6.07) is 46.0. The van der Waals surface area contributed by atoms with Crippen LogP contribution >= 0.6 is 0 Å². The average Bonchev–Trinajstić information content (AvgIpc) is 3.29. The molecular weight excluding hydrogens is 629 g/mol. The van der Waals surface area contributed by atoms with E-state index in [1.807, 2.05) is 32.0 Å². The van der Waals surface area contributed by atoms with Crippen molar-refractivity contribution in [3.8, 4) is 0 Å². The third-order valence-corrected chi connectivity index (χ3v) is 7.31. The normalized spacial score (nSPS) is 9.45. The molecule has 0 bridgehead atoms. The summed E-state index contributed by atoms with van der Waals surface area (Å²) < 4.78 is 0. The van der Waals surface area contributed by atoms with Crippen molar-refractivity contribution < 1.29 is 55.8 Å². The van der Waals surface area contributed by atoms with Crippen LogP contribution in [0, 0.1) is 13.8 Å². The molecule has 2 nitrogen and oxygen atoms in total. The van der Waals surface area contributed by atoms with Gasteiger partial charge in [-0.3, -0.25) is 0 Å². The zero-order valence-electron chi connectivity index (χ0n) is 22.4. The van der Waals surface area contributed by atoms with E-state index < -0.39 is 5.91 Å². The number of fused-ring (bicyclic) bond motifs is 3. The van der Waals surface area contributed by atoms with Gasteiger partial charge in [-0.1, -0.05) is 126 Å². The quantitative estimate of drug-likeness (QED) is 0.211. The van der Waals surface area contributed by atoms with Gasteiger partial charge in [0, 0.05) is 5.56 Å². The van der Waals surface area contributed by atoms with Crippen LogP contribution < -0.4 is 35.2 Å². The molecular formula is C34H29Cl2NOSiZr. The Kier molecular flexibility index (Phi) is 15.6. The first-order chi connectivity index (χ1) is 18.0. The molecule has 2 radical (unpaired) electrons. The minimum atomic E-state index is -0.597. The summed E-state index contributed by atoms with van der Waals surface area (Å²) in [6.07, 6.45) is 0. The maximum absolute atomic E-state index is 10.8. The van der Waals surface area contributed by atoms with Crippen LogP contribution in [0.15, 0.2) is 133 Å². The van der Waals surface area contributed by atoms with Gasteiger partial charge in [0.05, 0.1) is 5.91 Å². The second-order valence-electron chi connectivity index (χ2n) is 8.77. The third-order valence-electron chi connectivity index (χ3n) is 6.07. The number of benzene rings is 5. The first-order valence-corrected chi connectivity index (χ1v) is 13.3. The fourth-order valence-corrected chi connectivity index (χ4v) is 5.34. The van der Waals surface area contributed by atoms with Gasteiger partial charge >= 0.3 is 26.2 Å². The summed E-state index contributed by atoms with van der Waals surface area (Å²) in [5.74, 6) is -0.597. The van der Waals surface area contributed by atoms with Crippen LogP contribution in [0.4, 0.5) is 0 Å². The molecule has 0 aliphatic carbocycles. The second-order valence-corrected chi connectivity index (χ2v) is 10.2. The van der Waals surface area contributed by atoms with Crippen LogP contribution in [-0.4, -0.2) is 15.4 Å². The molecule has 0 unspecified atom stereocenters. The van der Waals surface area contributed by atoms with Crippen molar-refractivity contribution in [3.63, 3.8) is 0 Å². The smallest absolute Gasteiger partial charge is 1.00 e. The van der Waals surface area contributed by atoms with Crippen molar-refractivity contribution >= 4 is 47.3 Å². The fourth-order valence-electron chi connectivity index (χ4n) is 4.29. The predicted octanol–water partition coefficient (Wildman–Crippen LogP) is 1.55. The largest absolute Gasteiger partial charge is 4.00 e. The molecule has 198 valence electrons. The second kappa shape index (κ2) is 17.7. The first-order valence-electron chi connectivity index (χ1n) is 12.3. The van der Waals surface area contributed by atoms with Gasteiger partial charge in [-0.15, -0.1) is 39.7 Å². The number of rotatable bonds is 3. The van der Waals surface area contributed by atoms with E-state index in [0.717, 1.165) is 20.6 Å². The van der Waals surface area contributed by atoms with Crippen molar-refractivity contribution in [3.05, 3.63) is 156 Å². The molecule has 0 aliphatic rings. The maximum Gasteiger partial charge on any atom is 4.00 e. The number of carbonyl (C=O) groups excluding carboxylic acids is 1. The maximum atomic E-state index is 10.8. The molecule has 0 saturated carbocycles. The van der Waals surface area contributed by atoms with E-state index in [0.29, 0.717) is 5.56 Å². The number of carbonyl (C=O) groups is 1. The number of hydrogen-bond acceptors (Lipinski definition) is 1. The van der Waals surface area contributed by atoms with Crippen molar-refractivity contribution in [2.24, 2.45) is 0 Å². The van der Waals surface area contributed by atoms with Gasteiger partial charge < -0.3 is 35.3 Å². The molecule has 1 amide bonds. The summed E-state index contributed by atoms with van der Waals surface area (Å²) >= 11 is 0. The van der Waals surface area contributed by atoms with Gasteiger partial charge in [-0.25, -0.2) is 0 Å². The first kappa shape index (κ1) is 35.1. The number of nitrogens with one attached hydrogen (secondary N) is 1. The van der Waals surface area contributed by atoms with Crippen LogP contribution in [0.3, 0.4) is 0 Å². The van der Waals surface area contributed by atoms with Gasteiger partial charge in [-0.2, -0.15) is 0 Å². The standard InChI is InChI=1S/C13H9.C12H10Si.C9H11NO.2ClH.Zr/c1-3-7-12-10(5-1)9-11-6-2-4-8-13(11)12;1-3-7-11(8-4-1)13-12-9-5-2-6-10-12;1-6-4-3-5-7(2)8(6)9(10)11;;;/h1-9H;1-10H;3-5H,1-2H3,(H2,10,11);2*1H;/q-1;;;;;+4/p-3. The summed E-state index contributed by atoms with van der Waals surface area (Å²) in [5, 5.41) is 8.19. The molecule has 0 heterocycles. The molecule has 6 heteroatoms. The van der Waals surface area contributed by atoms with E-state index >= 15 is 0 Å². The monoisotopic (exact) mass is 655 g/mol. The topological polar surface area (TPSA) is 40.9 Å². The SMILES string of the molecule is Cc1cccc(C)c1C([NH-])=O.[Cl-].[Cl-].[Zr+4].c1ccc([Si]c2ccccc2)cc1.c1ccc2c(c1)[cH-]c1ccccc12. The minimum absolute atomic E-state index is 0. The summed E-state index contributed by atoms with van der Waals surface area (Å²) in [5.41, 5.74) is 9.26. The minimum Gasteiger partial charge on any atom is -1.00 e.